The maximum absolute atomic E-state index is 13.3. The number of carbonyl (C=O) groups excluding carboxylic acids is 1. The number of nitrogens with zero attached hydrogens (tertiary/aromatic N) is 2. The number of halogens is 1. The zero-order valence-electron chi connectivity index (χ0n) is 16.0. The highest BCUT2D eigenvalue weighted by atomic mass is 35.5. The molecule has 4 rings (SSSR count). The number of carboxylic acids is 1. The molecule has 152 valence electrons. The minimum Gasteiger partial charge on any atom is -0.480 e. The number of hydrogen-bond donors (Lipinski definition) is 1. The topological polar surface area (TPSA) is 70.1 Å². The van der Waals surface area contributed by atoms with Crippen molar-refractivity contribution in [3.63, 3.8) is 0 Å². The van der Waals surface area contributed by atoms with E-state index in [0.29, 0.717) is 36.5 Å². The van der Waals surface area contributed by atoms with Crippen LogP contribution in [-0.4, -0.2) is 58.2 Å². The van der Waals surface area contributed by atoms with Gasteiger partial charge in [-0.25, -0.2) is 4.79 Å². The Morgan fingerprint density at radius 2 is 1.72 bits per heavy atom. The largest absolute Gasteiger partial charge is 0.480 e. The lowest BCUT2D eigenvalue weighted by molar-refractivity contribution is -0.144. The Morgan fingerprint density at radius 3 is 2.38 bits per heavy atom. The third-order valence-electron chi connectivity index (χ3n) is 5.76. The number of carboxylic acid groups (broad SMARTS) is 1. The van der Waals surface area contributed by atoms with Gasteiger partial charge in [-0.05, 0) is 17.7 Å². The molecule has 2 aliphatic heterocycles. The van der Waals surface area contributed by atoms with Crippen molar-refractivity contribution in [3.05, 3.63) is 70.7 Å². The van der Waals surface area contributed by atoms with E-state index in [0.717, 1.165) is 6.54 Å². The van der Waals surface area contributed by atoms with Crippen molar-refractivity contribution in [3.8, 4) is 0 Å². The molecule has 7 heteroatoms. The van der Waals surface area contributed by atoms with Gasteiger partial charge in [-0.3, -0.25) is 14.6 Å². The van der Waals surface area contributed by atoms with E-state index in [-0.39, 0.29) is 6.61 Å². The van der Waals surface area contributed by atoms with E-state index >= 15 is 0 Å². The fourth-order valence-corrected chi connectivity index (χ4v) is 4.44. The molecule has 29 heavy (non-hydrogen) atoms. The molecule has 1 amide bonds. The van der Waals surface area contributed by atoms with Crippen LogP contribution in [0.2, 0.25) is 5.02 Å². The fourth-order valence-electron chi connectivity index (χ4n) is 4.22. The molecule has 2 heterocycles. The number of ether oxygens (including phenoxy) is 1. The van der Waals surface area contributed by atoms with Crippen LogP contribution >= 0.6 is 11.6 Å². The molecule has 1 atom stereocenters. The summed E-state index contributed by atoms with van der Waals surface area (Å²) in [4.78, 5) is 28.9. The smallest absolute Gasteiger partial charge is 0.328 e. The van der Waals surface area contributed by atoms with Gasteiger partial charge in [-0.15, -0.1) is 0 Å². The Hall–Kier alpha value is -2.41. The Kier molecular flexibility index (Phi) is 5.58. The first kappa shape index (κ1) is 19.9. The fraction of sp³-hybridized carbons (Fsp3) is 0.364. The molecule has 0 bridgehead atoms. The van der Waals surface area contributed by atoms with Crippen molar-refractivity contribution < 1.29 is 19.4 Å². The minimum atomic E-state index is -1.06. The van der Waals surface area contributed by atoms with Crippen molar-refractivity contribution in [2.45, 2.75) is 31.2 Å². The van der Waals surface area contributed by atoms with Gasteiger partial charge in [0.15, 0.2) is 6.04 Å². The standard InChI is InChI=1S/C22H23ClN2O4/c23-18-9-5-4-8-17(18)20(26)25-19(21(27)28)15-29-22(25)10-12-24(13-11-22)14-16-6-2-1-3-7-16/h1-9,19H,10-15H2,(H,27,28)/t19-/m0/s1. The Balaban J connectivity index is 1.55. The molecule has 2 aromatic rings. The predicted octanol–water partition coefficient (Wildman–Crippen LogP) is 3.26. The molecule has 0 aliphatic carbocycles. The molecule has 0 aromatic heterocycles. The molecule has 0 unspecified atom stereocenters. The minimum absolute atomic E-state index is 0.00971. The van der Waals surface area contributed by atoms with Crippen LogP contribution in [0, 0.1) is 0 Å². The zero-order valence-corrected chi connectivity index (χ0v) is 16.7. The van der Waals surface area contributed by atoms with Crippen molar-refractivity contribution in [2.24, 2.45) is 0 Å². The number of benzene rings is 2. The average molecular weight is 415 g/mol. The van der Waals surface area contributed by atoms with Gasteiger partial charge < -0.3 is 9.84 Å². The molecule has 0 radical (unpaired) electrons. The number of likely N-dealkylation sites (tertiary alicyclic amines) is 1. The Morgan fingerprint density at radius 1 is 1.07 bits per heavy atom. The van der Waals surface area contributed by atoms with Gasteiger partial charge in [0.1, 0.15) is 5.72 Å². The van der Waals surface area contributed by atoms with Crippen molar-refractivity contribution >= 4 is 23.5 Å². The van der Waals surface area contributed by atoms with Gasteiger partial charge in [0.2, 0.25) is 0 Å². The highest BCUT2D eigenvalue weighted by molar-refractivity contribution is 6.33. The number of hydrogen-bond acceptors (Lipinski definition) is 4. The maximum atomic E-state index is 13.3. The summed E-state index contributed by atoms with van der Waals surface area (Å²) in [7, 11) is 0. The van der Waals surface area contributed by atoms with E-state index in [4.69, 9.17) is 16.3 Å². The van der Waals surface area contributed by atoms with E-state index in [1.807, 2.05) is 18.2 Å². The summed E-state index contributed by atoms with van der Waals surface area (Å²) >= 11 is 6.22. The first-order valence-electron chi connectivity index (χ1n) is 9.71. The lowest BCUT2D eigenvalue weighted by Gasteiger charge is -2.44. The normalized spacial score (nSPS) is 21.4. The van der Waals surface area contributed by atoms with Crippen molar-refractivity contribution in [2.75, 3.05) is 19.7 Å². The predicted molar refractivity (Wildman–Crippen MR) is 109 cm³/mol. The van der Waals surface area contributed by atoms with E-state index < -0.39 is 23.6 Å². The number of carbonyl (C=O) groups is 2. The Bertz CT molecular complexity index is 897. The molecule has 2 saturated heterocycles. The van der Waals surface area contributed by atoms with Crippen LogP contribution < -0.4 is 0 Å². The highest BCUT2D eigenvalue weighted by Gasteiger charge is 2.54. The number of rotatable bonds is 4. The van der Waals surface area contributed by atoms with Crippen molar-refractivity contribution in [1.82, 2.24) is 9.80 Å². The summed E-state index contributed by atoms with van der Waals surface area (Å²) < 4.78 is 6.00. The quantitative estimate of drug-likeness (QED) is 0.831. The third-order valence-corrected chi connectivity index (χ3v) is 6.08. The maximum Gasteiger partial charge on any atom is 0.328 e. The summed E-state index contributed by atoms with van der Waals surface area (Å²) in [5.74, 6) is -1.45. The van der Waals surface area contributed by atoms with Gasteiger partial charge in [0, 0.05) is 32.5 Å². The molecule has 6 nitrogen and oxygen atoms in total. The van der Waals surface area contributed by atoms with Gasteiger partial charge in [-0.2, -0.15) is 0 Å². The molecule has 2 aliphatic rings. The van der Waals surface area contributed by atoms with Crippen LogP contribution in [0.5, 0.6) is 0 Å². The lowest BCUT2D eigenvalue weighted by atomic mass is 9.96. The van der Waals surface area contributed by atoms with Crippen LogP contribution in [0.1, 0.15) is 28.8 Å². The van der Waals surface area contributed by atoms with Crippen LogP contribution in [0.4, 0.5) is 0 Å². The summed E-state index contributed by atoms with van der Waals surface area (Å²) in [5, 5.41) is 10.0. The van der Waals surface area contributed by atoms with Crippen LogP contribution in [0.15, 0.2) is 54.6 Å². The van der Waals surface area contributed by atoms with Crippen molar-refractivity contribution in [1.29, 1.82) is 0 Å². The average Bonchev–Trinajstić information content (AvgIpc) is 3.10. The van der Waals surface area contributed by atoms with Crippen LogP contribution in [-0.2, 0) is 16.1 Å². The second-order valence-corrected chi connectivity index (χ2v) is 7.94. The first-order chi connectivity index (χ1) is 14.0. The van der Waals surface area contributed by atoms with E-state index in [2.05, 4.69) is 17.0 Å². The Labute approximate surface area is 174 Å². The highest BCUT2D eigenvalue weighted by Crippen LogP contribution is 2.39. The van der Waals surface area contributed by atoms with E-state index in [9.17, 15) is 14.7 Å². The molecule has 0 saturated carbocycles. The summed E-state index contributed by atoms with van der Waals surface area (Å²) in [6, 6.07) is 15.9. The zero-order chi connectivity index (χ0) is 20.4. The molecular weight excluding hydrogens is 392 g/mol. The molecule has 2 aromatic carbocycles. The number of piperidine rings is 1. The monoisotopic (exact) mass is 414 g/mol. The van der Waals surface area contributed by atoms with E-state index in [1.165, 1.54) is 10.5 Å². The summed E-state index contributed by atoms with van der Waals surface area (Å²) in [6.45, 7) is 2.24. The second-order valence-electron chi connectivity index (χ2n) is 7.53. The SMILES string of the molecule is O=C(O)[C@@H]1COC2(CCN(Cc3ccccc3)CC2)N1C(=O)c1ccccc1Cl. The second kappa shape index (κ2) is 8.14. The molecular formula is C22H23ClN2O4. The van der Waals surface area contributed by atoms with Gasteiger partial charge in [0.25, 0.3) is 5.91 Å². The summed E-state index contributed by atoms with van der Waals surface area (Å²) in [5.41, 5.74) is 0.618. The summed E-state index contributed by atoms with van der Waals surface area (Å²) in [6.07, 6.45) is 1.11. The molecule has 2 fully saturated rings. The van der Waals surface area contributed by atoms with Crippen LogP contribution in [0.3, 0.4) is 0 Å². The molecule has 1 spiro atoms. The number of aliphatic carboxylic acids is 1. The number of amides is 1. The lowest BCUT2D eigenvalue weighted by Crippen LogP contribution is -2.58. The van der Waals surface area contributed by atoms with E-state index in [1.54, 1.807) is 24.3 Å². The third kappa shape index (κ3) is 3.88. The van der Waals surface area contributed by atoms with Gasteiger partial charge in [-0.1, -0.05) is 54.1 Å². The van der Waals surface area contributed by atoms with Gasteiger partial charge in [0.05, 0.1) is 17.2 Å². The van der Waals surface area contributed by atoms with Crippen LogP contribution in [0.25, 0.3) is 0 Å². The van der Waals surface area contributed by atoms with Gasteiger partial charge >= 0.3 is 5.97 Å². The molecule has 1 N–H and O–H groups in total. The first-order valence-corrected chi connectivity index (χ1v) is 10.1.